The summed E-state index contributed by atoms with van der Waals surface area (Å²) in [5.41, 5.74) is 0.957. The van der Waals surface area contributed by atoms with E-state index in [2.05, 4.69) is 17.0 Å². The zero-order chi connectivity index (χ0) is 25.1. The van der Waals surface area contributed by atoms with E-state index in [-0.39, 0.29) is 11.2 Å². The van der Waals surface area contributed by atoms with Gasteiger partial charge in [-0.2, -0.15) is 9.50 Å². The van der Waals surface area contributed by atoms with Crippen molar-refractivity contribution >= 4 is 40.2 Å². The fraction of sp³-hybridized carbons (Fsp3) is 0.115. The minimum atomic E-state index is -0.458. The van der Waals surface area contributed by atoms with Crippen molar-refractivity contribution in [1.82, 2.24) is 14.6 Å². The van der Waals surface area contributed by atoms with Crippen LogP contribution in [-0.4, -0.2) is 26.1 Å². The summed E-state index contributed by atoms with van der Waals surface area (Å²) in [5.74, 6) is 1.99. The number of benzene rings is 2. The number of thiazole rings is 1. The van der Waals surface area contributed by atoms with Crippen LogP contribution < -0.4 is 14.8 Å². The first kappa shape index (κ1) is 23.2. The van der Waals surface area contributed by atoms with E-state index in [4.69, 9.17) is 9.15 Å². The molecule has 0 atom stereocenters. The van der Waals surface area contributed by atoms with Gasteiger partial charge in [-0.3, -0.25) is 14.9 Å². The standard InChI is InChI=1S/C26H20N4O5S/c1-2-15-34-18-10-7-17(8-11-18)9-14-24-27-26-29(28-24)25(31)23(36-26)16-19-12-13-22(35-19)20-5-3-4-6-21(20)30(32)33/h3-14,16H,2,15H2,1H3/b14-9+,23-16-. The Morgan fingerprint density at radius 3 is 2.67 bits per heavy atom. The van der Waals surface area contributed by atoms with Gasteiger partial charge in [0.2, 0.25) is 4.96 Å². The predicted molar refractivity (Wildman–Crippen MR) is 138 cm³/mol. The normalized spacial score (nSPS) is 12.1. The smallest absolute Gasteiger partial charge is 0.291 e. The summed E-state index contributed by atoms with van der Waals surface area (Å²) in [4.78, 5) is 28.6. The number of para-hydroxylation sites is 1. The summed E-state index contributed by atoms with van der Waals surface area (Å²) in [6, 6.07) is 17.3. The Bertz CT molecular complexity index is 1680. The van der Waals surface area contributed by atoms with E-state index in [1.807, 2.05) is 30.3 Å². The van der Waals surface area contributed by atoms with Gasteiger partial charge in [0.05, 0.1) is 17.1 Å². The molecular weight excluding hydrogens is 480 g/mol. The van der Waals surface area contributed by atoms with Crippen LogP contribution in [0.15, 0.2) is 69.9 Å². The summed E-state index contributed by atoms with van der Waals surface area (Å²) in [6.45, 7) is 2.74. The van der Waals surface area contributed by atoms with Crippen LogP contribution in [0.5, 0.6) is 5.75 Å². The van der Waals surface area contributed by atoms with E-state index in [1.54, 1.807) is 42.5 Å². The van der Waals surface area contributed by atoms with Gasteiger partial charge in [-0.1, -0.05) is 48.6 Å². The molecule has 5 aromatic rings. The third kappa shape index (κ3) is 4.80. The molecule has 0 aliphatic carbocycles. The van der Waals surface area contributed by atoms with Crippen LogP contribution in [0.4, 0.5) is 5.69 Å². The van der Waals surface area contributed by atoms with Gasteiger partial charge in [-0.15, -0.1) is 5.10 Å². The van der Waals surface area contributed by atoms with Gasteiger partial charge >= 0.3 is 0 Å². The molecule has 0 aliphatic rings. The maximum absolute atomic E-state index is 12.8. The van der Waals surface area contributed by atoms with Gasteiger partial charge in [-0.05, 0) is 48.4 Å². The highest BCUT2D eigenvalue weighted by Crippen LogP contribution is 2.31. The molecule has 3 aromatic heterocycles. The molecule has 0 bridgehead atoms. The molecule has 5 rings (SSSR count). The largest absolute Gasteiger partial charge is 0.494 e. The van der Waals surface area contributed by atoms with E-state index in [0.29, 0.717) is 39.0 Å². The SMILES string of the molecule is CCCOc1ccc(/C=C/c2nc3s/c(=C\c4ccc(-c5ccccc5[N+](=O)[O-])o4)c(=O)n3n2)cc1. The Labute approximate surface area is 208 Å². The highest BCUT2D eigenvalue weighted by atomic mass is 32.1. The molecule has 0 spiro atoms. The predicted octanol–water partition coefficient (Wildman–Crippen LogP) is 4.83. The molecule has 0 saturated carbocycles. The number of hydrogen-bond donors (Lipinski definition) is 0. The molecular formula is C26H20N4O5S. The second-order valence-electron chi connectivity index (χ2n) is 7.81. The second-order valence-corrected chi connectivity index (χ2v) is 8.82. The lowest BCUT2D eigenvalue weighted by molar-refractivity contribution is -0.384. The van der Waals surface area contributed by atoms with Gasteiger partial charge < -0.3 is 9.15 Å². The van der Waals surface area contributed by atoms with Gasteiger partial charge in [0, 0.05) is 12.1 Å². The van der Waals surface area contributed by atoms with Crippen molar-refractivity contribution in [2.75, 3.05) is 6.61 Å². The first-order chi connectivity index (χ1) is 17.5. The molecule has 0 fully saturated rings. The average Bonchev–Trinajstić information content (AvgIpc) is 3.59. The lowest BCUT2D eigenvalue weighted by Crippen LogP contribution is -2.23. The summed E-state index contributed by atoms with van der Waals surface area (Å²) >= 11 is 1.19. The number of hydrogen-bond acceptors (Lipinski definition) is 8. The molecule has 36 heavy (non-hydrogen) atoms. The Balaban J connectivity index is 1.37. The number of aromatic nitrogens is 3. The van der Waals surface area contributed by atoms with Crippen LogP contribution in [0, 0.1) is 10.1 Å². The van der Waals surface area contributed by atoms with E-state index < -0.39 is 4.92 Å². The van der Waals surface area contributed by atoms with Gasteiger partial charge in [0.15, 0.2) is 5.82 Å². The van der Waals surface area contributed by atoms with E-state index in [9.17, 15) is 14.9 Å². The quantitative estimate of drug-likeness (QED) is 0.222. The van der Waals surface area contributed by atoms with Crippen molar-refractivity contribution in [1.29, 1.82) is 0 Å². The lowest BCUT2D eigenvalue weighted by atomic mass is 10.1. The number of fused-ring (bicyclic) bond motifs is 1. The fourth-order valence-corrected chi connectivity index (χ4v) is 4.43. The van der Waals surface area contributed by atoms with Crippen LogP contribution >= 0.6 is 11.3 Å². The van der Waals surface area contributed by atoms with E-state index in [0.717, 1.165) is 17.7 Å². The molecule has 2 aromatic carbocycles. The number of nitro benzene ring substituents is 1. The first-order valence-corrected chi connectivity index (χ1v) is 12.0. The topological polar surface area (TPSA) is 113 Å². The Hall–Kier alpha value is -4.57. The highest BCUT2D eigenvalue weighted by Gasteiger charge is 2.17. The minimum Gasteiger partial charge on any atom is -0.494 e. The van der Waals surface area contributed by atoms with Crippen molar-refractivity contribution in [2.24, 2.45) is 0 Å². The lowest BCUT2D eigenvalue weighted by Gasteiger charge is -2.03. The molecule has 180 valence electrons. The van der Waals surface area contributed by atoms with Crippen LogP contribution in [0.3, 0.4) is 0 Å². The van der Waals surface area contributed by atoms with Crippen LogP contribution in [0.1, 0.15) is 30.5 Å². The molecule has 3 heterocycles. The van der Waals surface area contributed by atoms with Crippen LogP contribution in [0.2, 0.25) is 0 Å². The van der Waals surface area contributed by atoms with Crippen molar-refractivity contribution in [2.45, 2.75) is 13.3 Å². The zero-order valence-electron chi connectivity index (χ0n) is 19.2. The third-order valence-corrected chi connectivity index (χ3v) is 6.20. The van der Waals surface area contributed by atoms with Crippen molar-refractivity contribution in [3.8, 4) is 17.1 Å². The van der Waals surface area contributed by atoms with Crippen molar-refractivity contribution in [3.63, 3.8) is 0 Å². The molecule has 0 unspecified atom stereocenters. The number of rotatable bonds is 8. The first-order valence-electron chi connectivity index (χ1n) is 11.2. The minimum absolute atomic E-state index is 0.0527. The Kier molecular flexibility index (Phi) is 6.42. The molecule has 0 N–H and O–H groups in total. The summed E-state index contributed by atoms with van der Waals surface area (Å²) in [5, 5.41) is 15.6. The third-order valence-electron chi connectivity index (χ3n) is 5.24. The molecule has 0 saturated heterocycles. The number of furan rings is 1. The highest BCUT2D eigenvalue weighted by molar-refractivity contribution is 7.15. The van der Waals surface area contributed by atoms with Crippen LogP contribution in [0.25, 0.3) is 34.5 Å². The average molecular weight is 501 g/mol. The second kappa shape index (κ2) is 9.96. The number of ether oxygens (including phenoxy) is 1. The molecule has 10 heteroatoms. The zero-order valence-corrected chi connectivity index (χ0v) is 20.0. The maximum atomic E-state index is 12.8. The van der Waals surface area contributed by atoms with Crippen molar-refractivity contribution in [3.05, 3.63) is 103 Å². The van der Waals surface area contributed by atoms with Gasteiger partial charge in [-0.25, -0.2) is 0 Å². The fourth-order valence-electron chi connectivity index (χ4n) is 3.53. The van der Waals surface area contributed by atoms with E-state index >= 15 is 0 Å². The molecule has 0 amide bonds. The van der Waals surface area contributed by atoms with Crippen molar-refractivity contribution < 1.29 is 14.1 Å². The van der Waals surface area contributed by atoms with Crippen LogP contribution in [-0.2, 0) is 0 Å². The summed E-state index contributed by atoms with van der Waals surface area (Å²) in [6.07, 6.45) is 6.15. The summed E-state index contributed by atoms with van der Waals surface area (Å²) in [7, 11) is 0. The number of nitro groups is 1. The van der Waals surface area contributed by atoms with E-state index in [1.165, 1.54) is 21.9 Å². The maximum Gasteiger partial charge on any atom is 0.291 e. The monoisotopic (exact) mass is 500 g/mol. The summed E-state index contributed by atoms with van der Waals surface area (Å²) < 4.78 is 13.0. The van der Waals surface area contributed by atoms with Gasteiger partial charge in [0.1, 0.15) is 21.8 Å². The molecule has 0 aliphatic heterocycles. The Morgan fingerprint density at radius 2 is 1.92 bits per heavy atom. The molecule has 0 radical (unpaired) electrons. The number of nitrogens with zero attached hydrogens (tertiary/aromatic N) is 4. The Morgan fingerprint density at radius 1 is 1.11 bits per heavy atom. The molecule has 9 nitrogen and oxygen atoms in total. The van der Waals surface area contributed by atoms with Gasteiger partial charge in [0.25, 0.3) is 11.2 Å².